The third-order valence-electron chi connectivity index (χ3n) is 2.76. The van der Waals surface area contributed by atoms with Crippen LogP contribution in [0.2, 0.25) is 0 Å². The first-order chi connectivity index (χ1) is 7.85. The van der Waals surface area contributed by atoms with Crippen molar-refractivity contribution in [3.63, 3.8) is 0 Å². The fourth-order valence-corrected chi connectivity index (χ4v) is 1.33. The second kappa shape index (κ2) is 5.01. The molecule has 90 valence electrons. The molecule has 17 heavy (non-hydrogen) atoms. The molecule has 3 heteroatoms. The summed E-state index contributed by atoms with van der Waals surface area (Å²) in [6, 6.07) is 7.75. The van der Waals surface area contributed by atoms with E-state index in [2.05, 4.69) is 11.4 Å². The first-order valence-electron chi connectivity index (χ1n) is 5.62. The van der Waals surface area contributed by atoms with Crippen LogP contribution in [0.3, 0.4) is 0 Å². The molecule has 0 fully saturated rings. The minimum absolute atomic E-state index is 0.128. The summed E-state index contributed by atoms with van der Waals surface area (Å²) >= 11 is 0. The van der Waals surface area contributed by atoms with E-state index in [-0.39, 0.29) is 5.91 Å². The molecule has 1 aromatic carbocycles. The van der Waals surface area contributed by atoms with Gasteiger partial charge < -0.3 is 5.32 Å². The molecule has 1 rings (SSSR count). The quantitative estimate of drug-likeness (QED) is 0.867. The highest BCUT2D eigenvalue weighted by Crippen LogP contribution is 2.12. The molecule has 0 spiro atoms. The zero-order valence-corrected chi connectivity index (χ0v) is 10.8. The molecular weight excluding hydrogens is 212 g/mol. The highest BCUT2D eigenvalue weighted by molar-refractivity contribution is 5.94. The minimum Gasteiger partial charge on any atom is -0.350 e. The van der Waals surface area contributed by atoms with Crippen LogP contribution in [0.25, 0.3) is 0 Å². The lowest BCUT2D eigenvalue weighted by molar-refractivity contribution is 0.0943. The monoisotopic (exact) mass is 230 g/mol. The number of amides is 1. The number of carbonyl (C=O) groups is 1. The van der Waals surface area contributed by atoms with Crippen molar-refractivity contribution in [1.82, 2.24) is 5.32 Å². The van der Waals surface area contributed by atoms with Gasteiger partial charge in [0.15, 0.2) is 0 Å². The number of nitrogens with one attached hydrogen (secondary N) is 1. The van der Waals surface area contributed by atoms with Crippen LogP contribution in [0.5, 0.6) is 0 Å². The average molecular weight is 230 g/mol. The van der Waals surface area contributed by atoms with Crippen LogP contribution < -0.4 is 5.32 Å². The largest absolute Gasteiger partial charge is 0.350 e. The van der Waals surface area contributed by atoms with E-state index in [1.54, 1.807) is 19.9 Å². The number of rotatable bonds is 3. The summed E-state index contributed by atoms with van der Waals surface area (Å²) in [7, 11) is 0. The van der Waals surface area contributed by atoms with Crippen molar-refractivity contribution in [3.8, 4) is 6.07 Å². The van der Waals surface area contributed by atoms with Gasteiger partial charge in [-0.3, -0.25) is 4.79 Å². The number of hydrogen-bond acceptors (Lipinski definition) is 2. The van der Waals surface area contributed by atoms with Gasteiger partial charge in [0.05, 0.1) is 11.5 Å². The second-order valence-corrected chi connectivity index (χ2v) is 4.98. The van der Waals surface area contributed by atoms with Gasteiger partial charge in [0.2, 0.25) is 0 Å². The lowest BCUT2D eigenvalue weighted by Gasteiger charge is -2.16. The SMILES string of the molecule is Cc1ccc(C(=O)NCC(C)(C)C#N)cc1C. The summed E-state index contributed by atoms with van der Waals surface area (Å²) in [6.45, 7) is 7.94. The van der Waals surface area contributed by atoms with E-state index in [1.165, 1.54) is 5.56 Å². The van der Waals surface area contributed by atoms with Gasteiger partial charge in [-0.1, -0.05) is 6.07 Å². The van der Waals surface area contributed by atoms with Gasteiger partial charge in [0.1, 0.15) is 0 Å². The third-order valence-corrected chi connectivity index (χ3v) is 2.76. The summed E-state index contributed by atoms with van der Waals surface area (Å²) in [6.07, 6.45) is 0. The molecule has 1 aromatic rings. The normalized spacial score (nSPS) is 10.8. The molecule has 0 aliphatic rings. The lowest BCUT2D eigenvalue weighted by Crippen LogP contribution is -2.33. The summed E-state index contributed by atoms with van der Waals surface area (Å²) in [5, 5.41) is 11.6. The molecule has 0 aromatic heterocycles. The van der Waals surface area contributed by atoms with Crippen LogP contribution in [0, 0.1) is 30.6 Å². The third kappa shape index (κ3) is 3.60. The molecule has 0 unspecified atom stereocenters. The number of nitrogens with zero attached hydrogens (tertiary/aromatic N) is 1. The van der Waals surface area contributed by atoms with Crippen LogP contribution >= 0.6 is 0 Å². The predicted octanol–water partition coefficient (Wildman–Crippen LogP) is 2.58. The standard InChI is InChI=1S/C14H18N2O/c1-10-5-6-12(7-11(10)2)13(17)16-9-14(3,4)8-15/h5-7H,9H2,1-4H3,(H,16,17). The van der Waals surface area contributed by atoms with Crippen molar-refractivity contribution in [2.75, 3.05) is 6.54 Å². The zero-order valence-electron chi connectivity index (χ0n) is 10.8. The molecule has 0 heterocycles. The molecule has 0 atom stereocenters. The zero-order chi connectivity index (χ0) is 13.1. The summed E-state index contributed by atoms with van der Waals surface area (Å²) in [5.74, 6) is -0.128. The van der Waals surface area contributed by atoms with E-state index >= 15 is 0 Å². The number of hydrogen-bond donors (Lipinski definition) is 1. The highest BCUT2D eigenvalue weighted by atomic mass is 16.1. The maximum absolute atomic E-state index is 11.9. The Labute approximate surface area is 102 Å². The van der Waals surface area contributed by atoms with Crippen molar-refractivity contribution in [1.29, 1.82) is 5.26 Å². The molecule has 3 nitrogen and oxygen atoms in total. The highest BCUT2D eigenvalue weighted by Gasteiger charge is 2.18. The first kappa shape index (κ1) is 13.2. The molecule has 0 saturated heterocycles. The second-order valence-electron chi connectivity index (χ2n) is 4.98. The molecule has 0 radical (unpaired) electrons. The van der Waals surface area contributed by atoms with Gasteiger partial charge in [0.25, 0.3) is 5.91 Å². The Morgan fingerprint density at radius 2 is 2.00 bits per heavy atom. The maximum atomic E-state index is 11.9. The van der Waals surface area contributed by atoms with Crippen LogP contribution in [0.15, 0.2) is 18.2 Å². The molecular formula is C14H18N2O. The van der Waals surface area contributed by atoms with Gasteiger partial charge >= 0.3 is 0 Å². The van der Waals surface area contributed by atoms with Gasteiger partial charge in [-0.25, -0.2) is 0 Å². The van der Waals surface area contributed by atoms with Crippen molar-refractivity contribution in [3.05, 3.63) is 34.9 Å². The molecule has 1 N–H and O–H groups in total. The van der Waals surface area contributed by atoms with Crippen LogP contribution in [0.1, 0.15) is 35.3 Å². The Kier molecular flexibility index (Phi) is 3.90. The van der Waals surface area contributed by atoms with Gasteiger partial charge in [0, 0.05) is 12.1 Å². The number of benzene rings is 1. The fourth-order valence-electron chi connectivity index (χ4n) is 1.33. The topological polar surface area (TPSA) is 52.9 Å². The van der Waals surface area contributed by atoms with E-state index in [1.807, 2.05) is 26.0 Å². The predicted molar refractivity (Wildman–Crippen MR) is 67.6 cm³/mol. The molecule has 1 amide bonds. The number of nitriles is 1. The van der Waals surface area contributed by atoms with Crippen LogP contribution in [-0.4, -0.2) is 12.5 Å². The van der Waals surface area contributed by atoms with Crippen LogP contribution in [-0.2, 0) is 0 Å². The smallest absolute Gasteiger partial charge is 0.251 e. The maximum Gasteiger partial charge on any atom is 0.251 e. The van der Waals surface area contributed by atoms with E-state index in [0.29, 0.717) is 12.1 Å². The Hall–Kier alpha value is -1.82. The molecule has 0 aliphatic heterocycles. The van der Waals surface area contributed by atoms with E-state index in [4.69, 9.17) is 5.26 Å². The summed E-state index contributed by atoms with van der Waals surface area (Å²) in [5.41, 5.74) is 2.37. The number of carbonyl (C=O) groups excluding carboxylic acids is 1. The molecule has 0 bridgehead atoms. The summed E-state index contributed by atoms with van der Waals surface area (Å²) in [4.78, 5) is 11.9. The Morgan fingerprint density at radius 1 is 1.35 bits per heavy atom. The van der Waals surface area contributed by atoms with Crippen molar-refractivity contribution in [2.24, 2.45) is 5.41 Å². The first-order valence-corrected chi connectivity index (χ1v) is 5.62. The van der Waals surface area contributed by atoms with Crippen molar-refractivity contribution < 1.29 is 4.79 Å². The van der Waals surface area contributed by atoms with Crippen LogP contribution in [0.4, 0.5) is 0 Å². The molecule has 0 saturated carbocycles. The summed E-state index contributed by atoms with van der Waals surface area (Å²) < 4.78 is 0. The Morgan fingerprint density at radius 3 is 2.53 bits per heavy atom. The number of aryl methyl sites for hydroxylation is 2. The fraction of sp³-hybridized carbons (Fsp3) is 0.429. The van der Waals surface area contributed by atoms with Gasteiger partial charge in [-0.15, -0.1) is 0 Å². The average Bonchev–Trinajstić information content (AvgIpc) is 2.30. The van der Waals surface area contributed by atoms with E-state index in [0.717, 1.165) is 5.56 Å². The van der Waals surface area contributed by atoms with Gasteiger partial charge in [-0.05, 0) is 51.0 Å². The lowest BCUT2D eigenvalue weighted by atomic mass is 9.96. The minimum atomic E-state index is -0.532. The Bertz CT molecular complexity index is 470. The van der Waals surface area contributed by atoms with Gasteiger partial charge in [-0.2, -0.15) is 5.26 Å². The van der Waals surface area contributed by atoms with Crippen molar-refractivity contribution in [2.45, 2.75) is 27.7 Å². The Balaban J connectivity index is 2.72. The molecule has 0 aliphatic carbocycles. The van der Waals surface area contributed by atoms with E-state index < -0.39 is 5.41 Å². The van der Waals surface area contributed by atoms with E-state index in [9.17, 15) is 4.79 Å². The van der Waals surface area contributed by atoms with Crippen molar-refractivity contribution >= 4 is 5.91 Å².